The maximum absolute atomic E-state index is 10.3. The van der Waals surface area contributed by atoms with Crippen LogP contribution in [0.4, 0.5) is 0 Å². The normalized spacial score (nSPS) is 20.1. The number of carbonyl (C=O) groups is 1. The minimum atomic E-state index is -0.722. The summed E-state index contributed by atoms with van der Waals surface area (Å²) in [6.07, 6.45) is 1.55. The van der Waals surface area contributed by atoms with E-state index in [9.17, 15) is 4.79 Å². The van der Waals surface area contributed by atoms with E-state index in [1.165, 1.54) is 0 Å². The lowest BCUT2D eigenvalue weighted by Gasteiger charge is -2.04. The molecular weight excluding hydrogens is 142 g/mol. The van der Waals surface area contributed by atoms with Crippen molar-refractivity contribution in [1.29, 1.82) is 0 Å². The zero-order valence-electron chi connectivity index (χ0n) is 5.18. The van der Waals surface area contributed by atoms with Gasteiger partial charge in [0.1, 0.15) is 5.54 Å². The average molecular weight is 152 g/mol. The van der Waals surface area contributed by atoms with Crippen molar-refractivity contribution in [2.75, 3.05) is 7.05 Å². The van der Waals surface area contributed by atoms with Crippen molar-refractivity contribution in [3.05, 3.63) is 0 Å². The zero-order valence-corrected chi connectivity index (χ0v) is 5.99. The fraction of sp³-hybridized carbons (Fsp3) is 0.800. The van der Waals surface area contributed by atoms with Crippen molar-refractivity contribution in [2.45, 2.75) is 18.4 Å². The van der Waals surface area contributed by atoms with Gasteiger partial charge in [0.15, 0.2) is 0 Å². The second-order valence-corrected chi connectivity index (χ2v) is 2.14. The predicted octanol–water partition coefficient (Wildman–Crippen LogP) is 0.245. The third-order valence-corrected chi connectivity index (χ3v) is 1.64. The van der Waals surface area contributed by atoms with Gasteiger partial charge in [-0.2, -0.15) is 0 Å². The first-order valence-corrected chi connectivity index (χ1v) is 2.63. The highest BCUT2D eigenvalue weighted by Crippen LogP contribution is 2.34. The van der Waals surface area contributed by atoms with Crippen LogP contribution in [-0.4, -0.2) is 23.7 Å². The average Bonchev–Trinajstić information content (AvgIpc) is 2.44. The Hall–Kier alpha value is -0.280. The van der Waals surface area contributed by atoms with E-state index in [1.807, 2.05) is 0 Å². The molecule has 3 nitrogen and oxygen atoms in total. The maximum atomic E-state index is 10.3. The van der Waals surface area contributed by atoms with Crippen molar-refractivity contribution in [1.82, 2.24) is 5.32 Å². The molecular formula is C5H10ClNO2. The lowest BCUT2D eigenvalue weighted by atomic mass is 10.3. The minimum Gasteiger partial charge on any atom is -0.480 e. The van der Waals surface area contributed by atoms with Gasteiger partial charge in [-0.3, -0.25) is 4.79 Å². The molecule has 0 aromatic carbocycles. The van der Waals surface area contributed by atoms with Gasteiger partial charge in [-0.25, -0.2) is 0 Å². The minimum absolute atomic E-state index is 0. The van der Waals surface area contributed by atoms with E-state index < -0.39 is 11.5 Å². The number of hydrogen-bond acceptors (Lipinski definition) is 2. The molecule has 0 bridgehead atoms. The Bertz CT molecular complexity index is 122. The summed E-state index contributed by atoms with van der Waals surface area (Å²) in [5, 5.41) is 11.2. The molecule has 0 radical (unpaired) electrons. The van der Waals surface area contributed by atoms with Gasteiger partial charge in [0, 0.05) is 0 Å². The number of carboxylic acids is 1. The molecule has 2 N–H and O–H groups in total. The van der Waals surface area contributed by atoms with Crippen LogP contribution >= 0.6 is 12.4 Å². The van der Waals surface area contributed by atoms with E-state index in [-0.39, 0.29) is 12.4 Å². The SMILES string of the molecule is CNC1(C(=O)O)CC1.Cl. The van der Waals surface area contributed by atoms with Crippen LogP contribution in [-0.2, 0) is 4.79 Å². The monoisotopic (exact) mass is 151 g/mol. The molecule has 0 aromatic heterocycles. The van der Waals surface area contributed by atoms with Gasteiger partial charge in [0.2, 0.25) is 0 Å². The zero-order chi connectivity index (χ0) is 6.20. The summed E-state index contributed by atoms with van der Waals surface area (Å²) >= 11 is 0. The van der Waals surface area contributed by atoms with Gasteiger partial charge < -0.3 is 10.4 Å². The first-order valence-electron chi connectivity index (χ1n) is 2.63. The highest BCUT2D eigenvalue weighted by molar-refractivity contribution is 5.85. The van der Waals surface area contributed by atoms with Crippen LogP contribution in [0.3, 0.4) is 0 Å². The second-order valence-electron chi connectivity index (χ2n) is 2.14. The first-order chi connectivity index (χ1) is 3.71. The summed E-state index contributed by atoms with van der Waals surface area (Å²) in [7, 11) is 1.68. The van der Waals surface area contributed by atoms with E-state index in [4.69, 9.17) is 5.11 Å². The second kappa shape index (κ2) is 2.54. The van der Waals surface area contributed by atoms with E-state index in [1.54, 1.807) is 7.05 Å². The van der Waals surface area contributed by atoms with Gasteiger partial charge in [-0.1, -0.05) is 0 Å². The fourth-order valence-corrected chi connectivity index (χ4v) is 0.696. The number of rotatable bonds is 2. The number of nitrogens with one attached hydrogen (secondary N) is 1. The van der Waals surface area contributed by atoms with Crippen LogP contribution in [0.2, 0.25) is 0 Å². The van der Waals surface area contributed by atoms with Crippen molar-refractivity contribution in [3.8, 4) is 0 Å². The molecule has 4 heteroatoms. The van der Waals surface area contributed by atoms with Crippen LogP contribution in [0, 0.1) is 0 Å². The largest absolute Gasteiger partial charge is 0.480 e. The maximum Gasteiger partial charge on any atom is 0.323 e. The number of halogens is 1. The third-order valence-electron chi connectivity index (χ3n) is 1.64. The quantitative estimate of drug-likeness (QED) is 0.595. The Labute approximate surface area is 59.9 Å². The van der Waals surface area contributed by atoms with Crippen LogP contribution in [0.25, 0.3) is 0 Å². The van der Waals surface area contributed by atoms with E-state index in [0.717, 1.165) is 12.8 Å². The van der Waals surface area contributed by atoms with Crippen LogP contribution in [0.15, 0.2) is 0 Å². The van der Waals surface area contributed by atoms with Crippen LogP contribution in [0.1, 0.15) is 12.8 Å². The Morgan fingerprint density at radius 2 is 2.11 bits per heavy atom. The standard InChI is InChI=1S/C5H9NO2.ClH/c1-6-5(2-3-5)4(7)8;/h6H,2-3H2,1H3,(H,7,8);1H. The molecule has 0 aliphatic heterocycles. The molecule has 0 atom stereocenters. The summed E-state index contributed by atoms with van der Waals surface area (Å²) < 4.78 is 0. The highest BCUT2D eigenvalue weighted by atomic mass is 35.5. The number of carboxylic acid groups (broad SMARTS) is 1. The summed E-state index contributed by atoms with van der Waals surface area (Å²) in [5.41, 5.74) is -0.542. The Kier molecular flexibility index (Phi) is 2.46. The van der Waals surface area contributed by atoms with E-state index in [0.29, 0.717) is 0 Å². The molecule has 1 aliphatic carbocycles. The molecule has 0 saturated heterocycles. The smallest absolute Gasteiger partial charge is 0.323 e. The Morgan fingerprint density at radius 1 is 1.67 bits per heavy atom. The summed E-state index contributed by atoms with van der Waals surface area (Å²) in [6.45, 7) is 0. The first kappa shape index (κ1) is 8.72. The lowest BCUT2D eigenvalue weighted by molar-refractivity contribution is -0.140. The number of likely N-dealkylation sites (N-methyl/N-ethyl adjacent to an activating group) is 1. The van der Waals surface area contributed by atoms with Crippen molar-refractivity contribution >= 4 is 18.4 Å². The Morgan fingerprint density at radius 3 is 2.11 bits per heavy atom. The van der Waals surface area contributed by atoms with E-state index >= 15 is 0 Å². The van der Waals surface area contributed by atoms with Gasteiger partial charge in [0.25, 0.3) is 0 Å². The van der Waals surface area contributed by atoms with Gasteiger partial charge in [0.05, 0.1) is 0 Å². The van der Waals surface area contributed by atoms with Crippen LogP contribution < -0.4 is 5.32 Å². The summed E-state index contributed by atoms with van der Waals surface area (Å²) in [5.74, 6) is -0.722. The molecule has 9 heavy (non-hydrogen) atoms. The molecule has 1 rings (SSSR count). The fourth-order valence-electron chi connectivity index (χ4n) is 0.696. The van der Waals surface area contributed by atoms with Crippen LogP contribution in [0.5, 0.6) is 0 Å². The van der Waals surface area contributed by atoms with E-state index in [2.05, 4.69) is 5.32 Å². The van der Waals surface area contributed by atoms with Gasteiger partial charge in [-0.15, -0.1) is 12.4 Å². The van der Waals surface area contributed by atoms with Crippen molar-refractivity contribution in [2.24, 2.45) is 0 Å². The molecule has 0 unspecified atom stereocenters. The highest BCUT2D eigenvalue weighted by Gasteiger charge is 2.48. The predicted molar refractivity (Wildman–Crippen MR) is 35.9 cm³/mol. The summed E-state index contributed by atoms with van der Waals surface area (Å²) in [4.78, 5) is 10.3. The molecule has 1 aliphatic rings. The van der Waals surface area contributed by atoms with Crippen molar-refractivity contribution < 1.29 is 9.90 Å². The van der Waals surface area contributed by atoms with Crippen molar-refractivity contribution in [3.63, 3.8) is 0 Å². The summed E-state index contributed by atoms with van der Waals surface area (Å²) in [6, 6.07) is 0. The number of hydrogen-bond donors (Lipinski definition) is 2. The molecule has 0 amide bonds. The lowest BCUT2D eigenvalue weighted by Crippen LogP contribution is -2.35. The topological polar surface area (TPSA) is 49.3 Å². The molecule has 0 aromatic rings. The molecule has 0 spiro atoms. The molecule has 54 valence electrons. The Balaban J connectivity index is 0.000000640. The van der Waals surface area contributed by atoms with Gasteiger partial charge in [-0.05, 0) is 19.9 Å². The van der Waals surface area contributed by atoms with Gasteiger partial charge >= 0.3 is 5.97 Å². The molecule has 1 saturated carbocycles. The number of aliphatic carboxylic acids is 1. The third kappa shape index (κ3) is 1.34. The molecule has 1 fully saturated rings. The molecule has 0 heterocycles.